The average molecular weight is 332 g/mol. The van der Waals surface area contributed by atoms with Crippen LogP contribution in [0.25, 0.3) is 11.3 Å². The van der Waals surface area contributed by atoms with Crippen LogP contribution in [0.2, 0.25) is 0 Å². The third-order valence-corrected chi connectivity index (χ3v) is 4.08. The highest BCUT2D eigenvalue weighted by atomic mass is 16.5. The Bertz CT molecular complexity index is 863. The zero-order chi connectivity index (χ0) is 17.1. The summed E-state index contributed by atoms with van der Waals surface area (Å²) in [4.78, 5) is 9.31. The predicted octanol–water partition coefficient (Wildman–Crippen LogP) is 4.47. The Labute approximate surface area is 147 Å². The van der Waals surface area contributed by atoms with Crippen molar-refractivity contribution in [1.29, 1.82) is 0 Å². The first-order valence-corrected chi connectivity index (χ1v) is 8.43. The number of anilines is 3. The van der Waals surface area contributed by atoms with E-state index in [9.17, 15) is 0 Å². The molecule has 5 heteroatoms. The molecule has 25 heavy (non-hydrogen) atoms. The van der Waals surface area contributed by atoms with Crippen LogP contribution in [0.3, 0.4) is 0 Å². The second-order valence-electron chi connectivity index (χ2n) is 6.07. The first kappa shape index (κ1) is 15.4. The molecule has 4 rings (SSSR count). The Morgan fingerprint density at radius 2 is 1.72 bits per heavy atom. The summed E-state index contributed by atoms with van der Waals surface area (Å²) >= 11 is 0. The fourth-order valence-corrected chi connectivity index (χ4v) is 2.64. The van der Waals surface area contributed by atoms with Gasteiger partial charge in [-0.15, -0.1) is 0 Å². The van der Waals surface area contributed by atoms with E-state index in [0.29, 0.717) is 12.0 Å². The van der Waals surface area contributed by atoms with Crippen molar-refractivity contribution in [2.75, 3.05) is 17.7 Å². The van der Waals surface area contributed by atoms with Crippen molar-refractivity contribution in [3.63, 3.8) is 0 Å². The van der Waals surface area contributed by atoms with Crippen molar-refractivity contribution >= 4 is 17.5 Å². The van der Waals surface area contributed by atoms with Crippen LogP contribution in [-0.4, -0.2) is 23.1 Å². The lowest BCUT2D eigenvalue weighted by Gasteiger charge is -2.13. The van der Waals surface area contributed by atoms with Crippen molar-refractivity contribution in [3.05, 3.63) is 60.7 Å². The summed E-state index contributed by atoms with van der Waals surface area (Å²) < 4.78 is 5.40. The van der Waals surface area contributed by atoms with Crippen LogP contribution in [0.4, 0.5) is 17.5 Å². The fourth-order valence-electron chi connectivity index (χ4n) is 2.64. The maximum atomic E-state index is 5.40. The van der Waals surface area contributed by atoms with Crippen molar-refractivity contribution < 1.29 is 4.74 Å². The first-order chi connectivity index (χ1) is 12.3. The van der Waals surface area contributed by atoms with Gasteiger partial charge in [0.25, 0.3) is 0 Å². The zero-order valence-corrected chi connectivity index (χ0v) is 14.1. The monoisotopic (exact) mass is 332 g/mol. The van der Waals surface area contributed by atoms with Crippen molar-refractivity contribution in [2.45, 2.75) is 18.9 Å². The molecular formula is C20H20N4O. The molecule has 1 aliphatic carbocycles. The van der Waals surface area contributed by atoms with E-state index in [1.54, 1.807) is 7.11 Å². The van der Waals surface area contributed by atoms with E-state index in [4.69, 9.17) is 4.74 Å². The molecule has 0 saturated heterocycles. The molecule has 0 unspecified atom stereocenters. The fraction of sp³-hybridized carbons (Fsp3) is 0.200. The minimum atomic E-state index is 0.526. The first-order valence-electron chi connectivity index (χ1n) is 8.43. The van der Waals surface area contributed by atoms with Gasteiger partial charge in [0, 0.05) is 17.7 Å². The molecule has 0 atom stereocenters. The highest BCUT2D eigenvalue weighted by Gasteiger charge is 2.22. The molecule has 0 spiro atoms. The number of rotatable bonds is 6. The van der Waals surface area contributed by atoms with Gasteiger partial charge in [-0.25, -0.2) is 4.98 Å². The molecule has 3 aromatic rings. The number of para-hydroxylation sites is 2. The van der Waals surface area contributed by atoms with Gasteiger partial charge in [-0.2, -0.15) is 4.98 Å². The number of methoxy groups -OCH3 is 1. The predicted molar refractivity (Wildman–Crippen MR) is 100 cm³/mol. The molecule has 2 N–H and O–H groups in total. The smallest absolute Gasteiger partial charge is 0.229 e. The molecule has 126 valence electrons. The summed E-state index contributed by atoms with van der Waals surface area (Å²) in [5, 5.41) is 6.74. The van der Waals surface area contributed by atoms with Gasteiger partial charge in [-0.05, 0) is 25.0 Å². The van der Waals surface area contributed by atoms with E-state index >= 15 is 0 Å². The highest BCUT2D eigenvalue weighted by Crippen LogP contribution is 2.30. The molecule has 1 saturated carbocycles. The van der Waals surface area contributed by atoms with Gasteiger partial charge in [0.15, 0.2) is 0 Å². The summed E-state index contributed by atoms with van der Waals surface area (Å²) in [6.45, 7) is 0. The molecule has 0 bridgehead atoms. The number of ether oxygens (including phenoxy) is 1. The van der Waals surface area contributed by atoms with Gasteiger partial charge in [0.05, 0.1) is 18.5 Å². The zero-order valence-electron chi connectivity index (χ0n) is 14.1. The minimum absolute atomic E-state index is 0.526. The number of nitrogens with zero attached hydrogens (tertiary/aromatic N) is 2. The van der Waals surface area contributed by atoms with Crippen molar-refractivity contribution in [3.8, 4) is 17.0 Å². The Kier molecular flexibility index (Phi) is 4.21. The Hall–Kier alpha value is -3.08. The van der Waals surface area contributed by atoms with Crippen molar-refractivity contribution in [1.82, 2.24) is 9.97 Å². The lowest BCUT2D eigenvalue weighted by molar-refractivity contribution is 0.417. The molecule has 0 amide bonds. The van der Waals surface area contributed by atoms with Gasteiger partial charge in [-0.1, -0.05) is 42.5 Å². The van der Waals surface area contributed by atoms with Gasteiger partial charge in [0.1, 0.15) is 11.6 Å². The van der Waals surface area contributed by atoms with E-state index in [2.05, 4.69) is 32.7 Å². The van der Waals surface area contributed by atoms with E-state index < -0.39 is 0 Å². The maximum absolute atomic E-state index is 5.40. The average Bonchev–Trinajstić information content (AvgIpc) is 3.47. The van der Waals surface area contributed by atoms with Crippen molar-refractivity contribution in [2.24, 2.45) is 0 Å². The third-order valence-electron chi connectivity index (χ3n) is 4.08. The second kappa shape index (κ2) is 6.81. The highest BCUT2D eigenvalue weighted by molar-refractivity contribution is 5.68. The molecule has 1 heterocycles. The summed E-state index contributed by atoms with van der Waals surface area (Å²) in [7, 11) is 1.65. The van der Waals surface area contributed by atoms with Crippen LogP contribution in [0.1, 0.15) is 12.8 Å². The van der Waals surface area contributed by atoms with Crippen LogP contribution in [0.15, 0.2) is 60.7 Å². The van der Waals surface area contributed by atoms with Gasteiger partial charge in [0.2, 0.25) is 5.95 Å². The van der Waals surface area contributed by atoms with Crippen LogP contribution in [0, 0.1) is 0 Å². The lowest BCUT2D eigenvalue weighted by Crippen LogP contribution is -2.07. The van der Waals surface area contributed by atoms with Crippen LogP contribution in [0.5, 0.6) is 5.75 Å². The van der Waals surface area contributed by atoms with Crippen LogP contribution < -0.4 is 15.4 Å². The largest absolute Gasteiger partial charge is 0.495 e. The molecule has 0 radical (unpaired) electrons. The second-order valence-corrected chi connectivity index (χ2v) is 6.07. The summed E-state index contributed by atoms with van der Waals surface area (Å²) in [5.74, 6) is 2.15. The molecule has 1 aromatic heterocycles. The van der Waals surface area contributed by atoms with Gasteiger partial charge < -0.3 is 15.4 Å². The minimum Gasteiger partial charge on any atom is -0.495 e. The standard InChI is InChI=1S/C20H20N4O/c1-25-18-10-6-5-9-16(18)22-20-23-17(14-7-3-2-4-8-14)13-19(24-20)21-15-11-12-15/h2-10,13,15H,11-12H2,1H3,(H2,21,22,23,24). The van der Waals surface area contributed by atoms with E-state index in [-0.39, 0.29) is 0 Å². The van der Waals surface area contributed by atoms with Gasteiger partial charge >= 0.3 is 0 Å². The molecule has 2 aromatic carbocycles. The number of benzene rings is 2. The van der Waals surface area contributed by atoms with E-state index in [0.717, 1.165) is 28.5 Å². The normalized spacial score (nSPS) is 13.3. The third kappa shape index (κ3) is 3.71. The molecule has 1 aliphatic rings. The summed E-state index contributed by atoms with van der Waals surface area (Å²) in [6, 6.07) is 20.4. The van der Waals surface area contributed by atoms with Crippen LogP contribution in [-0.2, 0) is 0 Å². The Morgan fingerprint density at radius 1 is 0.960 bits per heavy atom. The Morgan fingerprint density at radius 3 is 2.48 bits per heavy atom. The van der Waals surface area contributed by atoms with E-state index in [1.807, 2.05) is 48.5 Å². The van der Waals surface area contributed by atoms with Gasteiger partial charge in [-0.3, -0.25) is 0 Å². The lowest BCUT2D eigenvalue weighted by atomic mass is 10.1. The number of aromatic nitrogens is 2. The van der Waals surface area contributed by atoms with Crippen LogP contribution >= 0.6 is 0 Å². The molecular weight excluding hydrogens is 312 g/mol. The Balaban J connectivity index is 1.70. The number of hydrogen-bond acceptors (Lipinski definition) is 5. The van der Waals surface area contributed by atoms with E-state index in [1.165, 1.54) is 12.8 Å². The molecule has 0 aliphatic heterocycles. The molecule has 1 fully saturated rings. The quantitative estimate of drug-likeness (QED) is 0.697. The summed E-state index contributed by atoms with van der Waals surface area (Å²) in [5.41, 5.74) is 2.79. The topological polar surface area (TPSA) is 59.1 Å². The number of hydrogen-bond donors (Lipinski definition) is 2. The summed E-state index contributed by atoms with van der Waals surface area (Å²) in [6.07, 6.45) is 2.39. The number of nitrogens with one attached hydrogen (secondary N) is 2. The molecule has 5 nitrogen and oxygen atoms in total. The maximum Gasteiger partial charge on any atom is 0.229 e. The SMILES string of the molecule is COc1ccccc1Nc1nc(NC2CC2)cc(-c2ccccc2)n1.